The van der Waals surface area contributed by atoms with Gasteiger partial charge in [-0.3, -0.25) is 0 Å². The molecule has 0 aliphatic heterocycles. The number of hydrogen-bond donors (Lipinski definition) is 1. The number of aliphatic hydroxyl groups is 1. The molecule has 14 heavy (non-hydrogen) atoms. The summed E-state index contributed by atoms with van der Waals surface area (Å²) in [4.78, 5) is 0. The zero-order valence-electron chi connectivity index (χ0n) is 9.17. The van der Waals surface area contributed by atoms with Gasteiger partial charge in [0.1, 0.15) is 0 Å². The molecule has 1 aliphatic rings. The maximum atomic E-state index is 9.55. The second-order valence-electron chi connectivity index (χ2n) is 3.94. The van der Waals surface area contributed by atoms with Crippen LogP contribution in [0.15, 0.2) is 11.6 Å². The number of rotatable bonds is 5. The predicted octanol–water partition coefficient (Wildman–Crippen LogP) is 2.66. The first-order valence-electron chi connectivity index (χ1n) is 5.78. The first kappa shape index (κ1) is 11.7. The van der Waals surface area contributed by atoms with Gasteiger partial charge in [0.15, 0.2) is 0 Å². The zero-order valence-corrected chi connectivity index (χ0v) is 9.17. The summed E-state index contributed by atoms with van der Waals surface area (Å²) >= 11 is 0. The van der Waals surface area contributed by atoms with Crippen LogP contribution >= 0.6 is 0 Å². The summed E-state index contributed by atoms with van der Waals surface area (Å²) < 4.78 is 5.29. The van der Waals surface area contributed by atoms with E-state index in [-0.39, 0.29) is 6.10 Å². The molecule has 0 radical (unpaired) electrons. The van der Waals surface area contributed by atoms with E-state index in [4.69, 9.17) is 4.74 Å². The predicted molar refractivity (Wildman–Crippen MR) is 58.3 cm³/mol. The van der Waals surface area contributed by atoms with Gasteiger partial charge in [0, 0.05) is 13.2 Å². The van der Waals surface area contributed by atoms with Crippen molar-refractivity contribution < 1.29 is 9.84 Å². The van der Waals surface area contributed by atoms with Crippen molar-refractivity contribution in [1.29, 1.82) is 0 Å². The monoisotopic (exact) mass is 198 g/mol. The van der Waals surface area contributed by atoms with Crippen LogP contribution in [-0.2, 0) is 4.74 Å². The molecule has 0 saturated heterocycles. The fourth-order valence-corrected chi connectivity index (χ4v) is 1.90. The number of aliphatic hydroxyl groups excluding tert-OH is 1. The average molecular weight is 198 g/mol. The van der Waals surface area contributed by atoms with E-state index >= 15 is 0 Å². The summed E-state index contributed by atoms with van der Waals surface area (Å²) in [6.45, 7) is 3.68. The van der Waals surface area contributed by atoms with Crippen LogP contribution in [0.1, 0.15) is 45.4 Å². The average Bonchev–Trinajstić information content (AvgIpc) is 2.38. The molecule has 0 bridgehead atoms. The van der Waals surface area contributed by atoms with Gasteiger partial charge in [-0.15, -0.1) is 0 Å². The standard InChI is InChI=1S/C12H22O2/c1-2-14-9-5-7-11-6-3-4-8-12(13)10-11/h10,12-13H,2-9H2,1H3. The third-order valence-electron chi connectivity index (χ3n) is 2.67. The van der Waals surface area contributed by atoms with E-state index in [0.29, 0.717) is 0 Å². The molecule has 1 rings (SSSR count). The van der Waals surface area contributed by atoms with E-state index in [0.717, 1.165) is 38.9 Å². The van der Waals surface area contributed by atoms with Crippen molar-refractivity contribution in [3.63, 3.8) is 0 Å². The van der Waals surface area contributed by atoms with E-state index in [9.17, 15) is 5.11 Å². The summed E-state index contributed by atoms with van der Waals surface area (Å²) in [7, 11) is 0. The van der Waals surface area contributed by atoms with Gasteiger partial charge in [-0.05, 0) is 39.0 Å². The second kappa shape index (κ2) is 7.02. The van der Waals surface area contributed by atoms with Crippen LogP contribution < -0.4 is 0 Å². The SMILES string of the molecule is CCOCCCC1=CC(O)CCCC1. The molecule has 0 spiro atoms. The summed E-state index contributed by atoms with van der Waals surface area (Å²) in [6.07, 6.45) is 8.55. The van der Waals surface area contributed by atoms with Gasteiger partial charge in [-0.25, -0.2) is 0 Å². The number of ether oxygens (including phenoxy) is 1. The molecule has 1 atom stereocenters. The van der Waals surface area contributed by atoms with E-state index in [1.807, 2.05) is 6.92 Å². The highest BCUT2D eigenvalue weighted by molar-refractivity contribution is 5.06. The lowest BCUT2D eigenvalue weighted by atomic mass is 10.1. The topological polar surface area (TPSA) is 29.5 Å². The van der Waals surface area contributed by atoms with E-state index in [1.165, 1.54) is 18.4 Å². The molecule has 2 nitrogen and oxygen atoms in total. The highest BCUT2D eigenvalue weighted by Crippen LogP contribution is 2.21. The van der Waals surface area contributed by atoms with Gasteiger partial charge in [-0.2, -0.15) is 0 Å². The van der Waals surface area contributed by atoms with Crippen molar-refractivity contribution in [2.75, 3.05) is 13.2 Å². The minimum atomic E-state index is -0.195. The smallest absolute Gasteiger partial charge is 0.0723 e. The molecule has 0 aromatic carbocycles. The molecule has 0 aromatic rings. The van der Waals surface area contributed by atoms with Gasteiger partial charge in [0.2, 0.25) is 0 Å². The maximum Gasteiger partial charge on any atom is 0.0723 e. The fourth-order valence-electron chi connectivity index (χ4n) is 1.90. The molecule has 0 heterocycles. The minimum absolute atomic E-state index is 0.195. The summed E-state index contributed by atoms with van der Waals surface area (Å²) in [5.74, 6) is 0. The molecular formula is C12H22O2. The molecule has 0 fully saturated rings. The minimum Gasteiger partial charge on any atom is -0.389 e. The molecule has 1 aliphatic carbocycles. The Morgan fingerprint density at radius 2 is 2.36 bits per heavy atom. The Morgan fingerprint density at radius 3 is 3.14 bits per heavy atom. The van der Waals surface area contributed by atoms with Gasteiger partial charge in [-0.1, -0.05) is 18.1 Å². The van der Waals surface area contributed by atoms with Crippen molar-refractivity contribution in [2.45, 2.75) is 51.6 Å². The molecule has 2 heteroatoms. The van der Waals surface area contributed by atoms with E-state index in [1.54, 1.807) is 0 Å². The Labute approximate surface area is 87.0 Å². The Balaban J connectivity index is 2.20. The van der Waals surface area contributed by atoms with E-state index < -0.39 is 0 Å². The lowest BCUT2D eigenvalue weighted by Gasteiger charge is -2.06. The molecular weight excluding hydrogens is 176 g/mol. The largest absolute Gasteiger partial charge is 0.389 e. The quantitative estimate of drug-likeness (QED) is 0.543. The van der Waals surface area contributed by atoms with Crippen LogP contribution in [0.3, 0.4) is 0 Å². The molecule has 0 amide bonds. The van der Waals surface area contributed by atoms with Crippen molar-refractivity contribution in [1.82, 2.24) is 0 Å². The van der Waals surface area contributed by atoms with Crippen molar-refractivity contribution in [3.8, 4) is 0 Å². The van der Waals surface area contributed by atoms with Crippen molar-refractivity contribution >= 4 is 0 Å². The summed E-state index contributed by atoms with van der Waals surface area (Å²) in [6, 6.07) is 0. The molecule has 1 N–H and O–H groups in total. The first-order chi connectivity index (χ1) is 6.83. The third kappa shape index (κ3) is 4.77. The Hall–Kier alpha value is -0.340. The fraction of sp³-hybridized carbons (Fsp3) is 0.833. The van der Waals surface area contributed by atoms with Crippen LogP contribution in [0.5, 0.6) is 0 Å². The van der Waals surface area contributed by atoms with Gasteiger partial charge >= 0.3 is 0 Å². The van der Waals surface area contributed by atoms with Gasteiger partial charge < -0.3 is 9.84 Å². The molecule has 0 saturated carbocycles. The summed E-state index contributed by atoms with van der Waals surface area (Å²) in [5, 5.41) is 9.55. The molecule has 82 valence electrons. The second-order valence-corrected chi connectivity index (χ2v) is 3.94. The Morgan fingerprint density at radius 1 is 1.50 bits per heavy atom. The van der Waals surface area contributed by atoms with Crippen molar-refractivity contribution in [3.05, 3.63) is 11.6 Å². The highest BCUT2D eigenvalue weighted by atomic mass is 16.5. The van der Waals surface area contributed by atoms with Crippen LogP contribution in [0.4, 0.5) is 0 Å². The number of hydrogen-bond acceptors (Lipinski definition) is 2. The van der Waals surface area contributed by atoms with Gasteiger partial charge in [0.25, 0.3) is 0 Å². The lowest BCUT2D eigenvalue weighted by molar-refractivity contribution is 0.145. The van der Waals surface area contributed by atoms with Crippen LogP contribution in [0.25, 0.3) is 0 Å². The molecule has 0 aromatic heterocycles. The first-order valence-corrected chi connectivity index (χ1v) is 5.78. The van der Waals surface area contributed by atoms with Crippen LogP contribution in [0, 0.1) is 0 Å². The third-order valence-corrected chi connectivity index (χ3v) is 2.67. The Kier molecular flexibility index (Phi) is 5.88. The molecule has 1 unspecified atom stereocenters. The normalized spacial score (nSPS) is 23.0. The van der Waals surface area contributed by atoms with Crippen molar-refractivity contribution in [2.24, 2.45) is 0 Å². The Bertz CT molecular complexity index is 175. The zero-order chi connectivity index (χ0) is 10.2. The maximum absolute atomic E-state index is 9.55. The summed E-state index contributed by atoms with van der Waals surface area (Å²) in [5.41, 5.74) is 1.43. The van der Waals surface area contributed by atoms with Crippen LogP contribution in [-0.4, -0.2) is 24.4 Å². The van der Waals surface area contributed by atoms with E-state index in [2.05, 4.69) is 6.08 Å². The van der Waals surface area contributed by atoms with Crippen LogP contribution in [0.2, 0.25) is 0 Å². The lowest BCUT2D eigenvalue weighted by Crippen LogP contribution is -2.01. The highest BCUT2D eigenvalue weighted by Gasteiger charge is 2.08. The number of allylic oxidation sites excluding steroid dienone is 1. The van der Waals surface area contributed by atoms with Gasteiger partial charge in [0.05, 0.1) is 6.10 Å².